The molecule has 1 atom stereocenters. The Bertz CT molecular complexity index is 471. The number of benzene rings is 1. The predicted molar refractivity (Wildman–Crippen MR) is 78.7 cm³/mol. The van der Waals surface area contributed by atoms with Gasteiger partial charge in [0.15, 0.2) is 0 Å². The van der Waals surface area contributed by atoms with E-state index in [1.165, 1.54) is 30.4 Å². The van der Waals surface area contributed by atoms with Crippen molar-refractivity contribution in [3.05, 3.63) is 34.9 Å². The first kappa shape index (κ1) is 14.4. The first-order valence-corrected chi connectivity index (χ1v) is 6.90. The summed E-state index contributed by atoms with van der Waals surface area (Å²) in [6, 6.07) is 6.26. The average Bonchev–Trinajstić information content (AvgIpc) is 3.12. The topological polar surface area (TPSA) is 55.1 Å². The van der Waals surface area contributed by atoms with Crippen molar-refractivity contribution in [2.24, 2.45) is 11.7 Å². The van der Waals surface area contributed by atoms with Crippen molar-refractivity contribution >= 4 is 18.3 Å². The third-order valence-electron chi connectivity index (χ3n) is 4.12. The molecule has 0 radical (unpaired) electrons. The first-order chi connectivity index (χ1) is 8.78. The molecule has 0 aromatic heterocycles. The summed E-state index contributed by atoms with van der Waals surface area (Å²) in [6.45, 7) is 0.543. The fourth-order valence-electron chi connectivity index (χ4n) is 2.83. The lowest BCUT2D eigenvalue weighted by Gasteiger charge is -2.16. The summed E-state index contributed by atoms with van der Waals surface area (Å²) in [5, 5.41) is 3.07. The summed E-state index contributed by atoms with van der Waals surface area (Å²) in [5.41, 5.74) is 9.25. The van der Waals surface area contributed by atoms with Gasteiger partial charge < -0.3 is 11.1 Å². The summed E-state index contributed by atoms with van der Waals surface area (Å²) in [6.07, 6.45) is 5.89. The largest absolute Gasteiger partial charge is 0.348 e. The molecule has 1 aromatic rings. The zero-order valence-electron chi connectivity index (χ0n) is 11.0. The van der Waals surface area contributed by atoms with Crippen molar-refractivity contribution < 1.29 is 4.79 Å². The van der Waals surface area contributed by atoms with E-state index in [-0.39, 0.29) is 24.4 Å². The standard InChI is InChI=1S/C15H20N2O.ClH/c16-9-14(11-5-6-11)17-15(18)13-7-4-10-2-1-3-12(10)8-13;/h4,7-8,11,14H,1-3,5-6,9,16H2,(H,17,18);1H. The van der Waals surface area contributed by atoms with E-state index in [1.807, 2.05) is 6.07 Å². The van der Waals surface area contributed by atoms with Crippen LogP contribution in [0.1, 0.15) is 40.7 Å². The monoisotopic (exact) mass is 280 g/mol. The molecule has 3 N–H and O–H groups in total. The molecule has 0 aliphatic heterocycles. The highest BCUT2D eigenvalue weighted by Crippen LogP contribution is 2.32. The molecule has 1 fully saturated rings. The molecule has 1 unspecified atom stereocenters. The van der Waals surface area contributed by atoms with Gasteiger partial charge in [0.25, 0.3) is 5.91 Å². The Morgan fingerprint density at radius 3 is 2.74 bits per heavy atom. The van der Waals surface area contributed by atoms with Gasteiger partial charge in [0.05, 0.1) is 0 Å². The second-order valence-electron chi connectivity index (χ2n) is 5.49. The molecule has 0 bridgehead atoms. The molecular weight excluding hydrogens is 260 g/mol. The summed E-state index contributed by atoms with van der Waals surface area (Å²) in [5.74, 6) is 0.639. The lowest BCUT2D eigenvalue weighted by atomic mass is 10.1. The molecule has 3 nitrogen and oxygen atoms in total. The van der Waals surface area contributed by atoms with Crippen LogP contribution in [0.15, 0.2) is 18.2 Å². The van der Waals surface area contributed by atoms with Crippen LogP contribution in [-0.4, -0.2) is 18.5 Å². The van der Waals surface area contributed by atoms with Crippen LogP contribution in [0, 0.1) is 5.92 Å². The molecular formula is C15H21ClN2O. The van der Waals surface area contributed by atoms with Crippen molar-refractivity contribution in [2.75, 3.05) is 6.54 Å². The van der Waals surface area contributed by atoms with Crippen LogP contribution in [0.25, 0.3) is 0 Å². The smallest absolute Gasteiger partial charge is 0.251 e. The molecule has 104 valence electrons. The van der Waals surface area contributed by atoms with E-state index in [9.17, 15) is 4.79 Å². The molecule has 19 heavy (non-hydrogen) atoms. The van der Waals surface area contributed by atoms with Crippen LogP contribution < -0.4 is 11.1 Å². The molecule has 1 amide bonds. The summed E-state index contributed by atoms with van der Waals surface area (Å²) < 4.78 is 0. The number of aryl methyl sites for hydroxylation is 2. The maximum Gasteiger partial charge on any atom is 0.251 e. The van der Waals surface area contributed by atoms with Gasteiger partial charge in [0.1, 0.15) is 0 Å². The van der Waals surface area contributed by atoms with Gasteiger partial charge >= 0.3 is 0 Å². The van der Waals surface area contributed by atoms with E-state index in [0.717, 1.165) is 18.4 Å². The maximum atomic E-state index is 12.2. The van der Waals surface area contributed by atoms with E-state index in [0.29, 0.717) is 12.5 Å². The fourth-order valence-corrected chi connectivity index (χ4v) is 2.83. The Hall–Kier alpha value is -1.06. The SMILES string of the molecule is Cl.NCC(NC(=O)c1ccc2c(c1)CCC2)C1CC1. The van der Waals surface area contributed by atoms with Crippen molar-refractivity contribution in [1.29, 1.82) is 0 Å². The molecule has 4 heteroatoms. The van der Waals surface area contributed by atoms with Crippen LogP contribution >= 0.6 is 12.4 Å². The minimum absolute atomic E-state index is 0. The van der Waals surface area contributed by atoms with Gasteiger partial charge in [-0.2, -0.15) is 0 Å². The van der Waals surface area contributed by atoms with Crippen LogP contribution in [0.5, 0.6) is 0 Å². The zero-order valence-corrected chi connectivity index (χ0v) is 11.8. The van der Waals surface area contributed by atoms with Crippen molar-refractivity contribution in [1.82, 2.24) is 5.32 Å². The Balaban J connectivity index is 0.00000133. The van der Waals surface area contributed by atoms with Gasteiger partial charge in [-0.25, -0.2) is 0 Å². The number of rotatable bonds is 4. The third kappa shape index (κ3) is 3.10. The molecule has 2 aliphatic rings. The quantitative estimate of drug-likeness (QED) is 0.887. The maximum absolute atomic E-state index is 12.2. The van der Waals surface area contributed by atoms with Gasteiger partial charge in [0.2, 0.25) is 0 Å². The number of fused-ring (bicyclic) bond motifs is 1. The van der Waals surface area contributed by atoms with Crippen molar-refractivity contribution in [2.45, 2.75) is 38.1 Å². The Labute approximate surface area is 120 Å². The molecule has 0 heterocycles. The highest BCUT2D eigenvalue weighted by molar-refractivity contribution is 5.94. The number of nitrogens with one attached hydrogen (secondary N) is 1. The second kappa shape index (κ2) is 5.93. The zero-order chi connectivity index (χ0) is 12.5. The van der Waals surface area contributed by atoms with Gasteiger partial charge in [-0.3, -0.25) is 4.79 Å². The second-order valence-corrected chi connectivity index (χ2v) is 5.49. The van der Waals surface area contributed by atoms with Crippen molar-refractivity contribution in [3.8, 4) is 0 Å². The summed E-state index contributed by atoms with van der Waals surface area (Å²) in [7, 11) is 0. The minimum atomic E-state index is 0. The third-order valence-corrected chi connectivity index (χ3v) is 4.12. The van der Waals surface area contributed by atoms with Gasteiger partial charge in [0, 0.05) is 18.2 Å². The molecule has 1 saturated carbocycles. The van der Waals surface area contributed by atoms with E-state index < -0.39 is 0 Å². The number of hydrogen-bond donors (Lipinski definition) is 2. The predicted octanol–water partition coefficient (Wildman–Crippen LogP) is 2.06. The molecule has 0 spiro atoms. The van der Waals surface area contributed by atoms with Crippen LogP contribution in [0.4, 0.5) is 0 Å². The van der Waals surface area contributed by atoms with E-state index in [2.05, 4.69) is 17.4 Å². The lowest BCUT2D eigenvalue weighted by Crippen LogP contribution is -2.41. The van der Waals surface area contributed by atoms with Crippen LogP contribution in [0.2, 0.25) is 0 Å². The fraction of sp³-hybridized carbons (Fsp3) is 0.533. The van der Waals surface area contributed by atoms with Gasteiger partial charge in [-0.15, -0.1) is 12.4 Å². The highest BCUT2D eigenvalue weighted by atomic mass is 35.5. The lowest BCUT2D eigenvalue weighted by molar-refractivity contribution is 0.0933. The number of nitrogens with two attached hydrogens (primary N) is 1. The van der Waals surface area contributed by atoms with E-state index in [4.69, 9.17) is 5.73 Å². The molecule has 3 rings (SSSR count). The van der Waals surface area contributed by atoms with E-state index in [1.54, 1.807) is 0 Å². The Morgan fingerprint density at radius 1 is 1.32 bits per heavy atom. The molecule has 2 aliphatic carbocycles. The number of amides is 1. The Morgan fingerprint density at radius 2 is 2.05 bits per heavy atom. The summed E-state index contributed by atoms with van der Waals surface area (Å²) in [4.78, 5) is 12.2. The van der Waals surface area contributed by atoms with Crippen molar-refractivity contribution in [3.63, 3.8) is 0 Å². The van der Waals surface area contributed by atoms with Gasteiger partial charge in [-0.1, -0.05) is 6.07 Å². The number of carbonyl (C=O) groups excluding carboxylic acids is 1. The molecule has 1 aromatic carbocycles. The number of carbonyl (C=O) groups is 1. The van der Waals surface area contributed by atoms with Gasteiger partial charge in [-0.05, 0) is 61.3 Å². The molecule has 0 saturated heterocycles. The summed E-state index contributed by atoms with van der Waals surface area (Å²) >= 11 is 0. The first-order valence-electron chi connectivity index (χ1n) is 6.90. The van der Waals surface area contributed by atoms with Crippen LogP contribution in [0.3, 0.4) is 0 Å². The van der Waals surface area contributed by atoms with E-state index >= 15 is 0 Å². The average molecular weight is 281 g/mol. The highest BCUT2D eigenvalue weighted by Gasteiger charge is 2.31. The normalized spacial score (nSPS) is 18.4. The number of hydrogen-bond acceptors (Lipinski definition) is 2. The Kier molecular flexibility index (Phi) is 4.48. The minimum Gasteiger partial charge on any atom is -0.348 e. The van der Waals surface area contributed by atoms with Crippen LogP contribution in [-0.2, 0) is 12.8 Å². The number of halogens is 1.